The first kappa shape index (κ1) is 15.2. The fourth-order valence-corrected chi connectivity index (χ4v) is 2.40. The molecule has 0 aliphatic heterocycles. The van der Waals surface area contributed by atoms with E-state index >= 15 is 0 Å². The van der Waals surface area contributed by atoms with Crippen LogP contribution in [0, 0.1) is 0 Å². The van der Waals surface area contributed by atoms with Crippen molar-refractivity contribution in [3.8, 4) is 0 Å². The molecule has 0 aliphatic carbocycles. The quantitative estimate of drug-likeness (QED) is 0.675. The second kappa shape index (κ2) is 7.57. The monoisotopic (exact) mass is 270 g/mol. The van der Waals surface area contributed by atoms with E-state index in [1.54, 1.807) is 4.68 Å². The standard InChI is InChI=1S/C14H23ClN2O/c1-4-6-7-8-9-11(18)10-13-14(15)12(5-2)16-17(13)3/h4-10H2,1-3H3. The minimum absolute atomic E-state index is 0.263. The van der Waals surface area contributed by atoms with E-state index in [1.807, 2.05) is 14.0 Å². The Labute approximate surface area is 115 Å². The molecule has 1 rings (SSSR count). The van der Waals surface area contributed by atoms with Gasteiger partial charge in [0.05, 0.1) is 16.4 Å². The van der Waals surface area contributed by atoms with E-state index in [1.165, 1.54) is 12.8 Å². The fraction of sp³-hybridized carbons (Fsp3) is 0.714. The van der Waals surface area contributed by atoms with Crippen LogP contribution in [-0.2, 0) is 24.7 Å². The van der Waals surface area contributed by atoms with Crippen molar-refractivity contribution in [1.29, 1.82) is 0 Å². The molecule has 0 saturated heterocycles. The molecule has 0 fully saturated rings. The largest absolute Gasteiger partial charge is 0.299 e. The van der Waals surface area contributed by atoms with Gasteiger partial charge >= 0.3 is 0 Å². The molecular formula is C14H23ClN2O. The van der Waals surface area contributed by atoms with Crippen LogP contribution in [0.15, 0.2) is 0 Å². The summed E-state index contributed by atoms with van der Waals surface area (Å²) in [5, 5.41) is 4.99. The van der Waals surface area contributed by atoms with Gasteiger partial charge in [0.25, 0.3) is 0 Å². The van der Waals surface area contributed by atoms with Crippen LogP contribution >= 0.6 is 11.6 Å². The van der Waals surface area contributed by atoms with Crippen LogP contribution in [0.5, 0.6) is 0 Å². The highest BCUT2D eigenvalue weighted by molar-refractivity contribution is 6.32. The predicted molar refractivity (Wildman–Crippen MR) is 75.1 cm³/mol. The zero-order valence-electron chi connectivity index (χ0n) is 11.6. The molecule has 0 bridgehead atoms. The summed E-state index contributed by atoms with van der Waals surface area (Å²) in [6.45, 7) is 4.19. The van der Waals surface area contributed by atoms with Gasteiger partial charge in [-0.25, -0.2) is 0 Å². The van der Waals surface area contributed by atoms with Gasteiger partial charge in [-0.15, -0.1) is 0 Å². The molecule has 18 heavy (non-hydrogen) atoms. The summed E-state index contributed by atoms with van der Waals surface area (Å²) in [5.74, 6) is 0.263. The lowest BCUT2D eigenvalue weighted by Crippen LogP contribution is -2.07. The van der Waals surface area contributed by atoms with Gasteiger partial charge in [-0.05, 0) is 12.8 Å². The van der Waals surface area contributed by atoms with E-state index in [9.17, 15) is 4.79 Å². The number of unbranched alkanes of at least 4 members (excludes halogenated alkanes) is 3. The lowest BCUT2D eigenvalue weighted by molar-refractivity contribution is -0.118. The average Bonchev–Trinajstić information content (AvgIpc) is 2.62. The lowest BCUT2D eigenvalue weighted by Gasteiger charge is -2.02. The van der Waals surface area contributed by atoms with E-state index in [-0.39, 0.29) is 5.78 Å². The third-order valence-corrected chi connectivity index (χ3v) is 3.61. The number of rotatable bonds is 8. The van der Waals surface area contributed by atoms with Crippen molar-refractivity contribution in [2.24, 2.45) is 7.05 Å². The summed E-state index contributed by atoms with van der Waals surface area (Å²) < 4.78 is 1.74. The molecule has 1 aromatic rings. The second-order valence-electron chi connectivity index (χ2n) is 4.71. The summed E-state index contributed by atoms with van der Waals surface area (Å²) in [5.41, 5.74) is 1.74. The molecule has 0 radical (unpaired) electrons. The fourth-order valence-electron chi connectivity index (χ4n) is 2.04. The van der Waals surface area contributed by atoms with Crippen molar-refractivity contribution in [1.82, 2.24) is 9.78 Å². The van der Waals surface area contributed by atoms with Gasteiger partial charge in [-0.1, -0.05) is 44.7 Å². The maximum atomic E-state index is 11.9. The third-order valence-electron chi connectivity index (χ3n) is 3.18. The smallest absolute Gasteiger partial charge is 0.138 e. The number of aryl methyl sites for hydroxylation is 2. The molecule has 1 heterocycles. The molecule has 0 saturated carbocycles. The first-order valence-corrected chi connectivity index (χ1v) is 7.19. The Kier molecular flexibility index (Phi) is 6.41. The van der Waals surface area contributed by atoms with Gasteiger partial charge in [0.2, 0.25) is 0 Å². The molecule has 0 amide bonds. The Hall–Kier alpha value is -0.830. The van der Waals surface area contributed by atoms with E-state index in [0.717, 1.165) is 30.7 Å². The number of carbonyl (C=O) groups excluding carboxylic acids is 1. The van der Waals surface area contributed by atoms with Crippen LogP contribution in [-0.4, -0.2) is 15.6 Å². The molecule has 4 heteroatoms. The summed E-state index contributed by atoms with van der Waals surface area (Å²) in [7, 11) is 1.85. The summed E-state index contributed by atoms with van der Waals surface area (Å²) in [6, 6.07) is 0. The Morgan fingerprint density at radius 3 is 2.56 bits per heavy atom. The van der Waals surface area contributed by atoms with Crippen LogP contribution < -0.4 is 0 Å². The average molecular weight is 271 g/mol. The van der Waals surface area contributed by atoms with E-state index in [0.29, 0.717) is 17.9 Å². The zero-order valence-corrected chi connectivity index (χ0v) is 12.4. The number of aromatic nitrogens is 2. The lowest BCUT2D eigenvalue weighted by atomic mass is 10.1. The predicted octanol–water partition coefficient (Wildman–Crippen LogP) is 3.72. The number of Topliss-reactive ketones (excluding diaryl/α,β-unsaturated/α-hetero) is 1. The van der Waals surface area contributed by atoms with Crippen molar-refractivity contribution in [3.05, 3.63) is 16.4 Å². The Morgan fingerprint density at radius 2 is 2.00 bits per heavy atom. The molecule has 0 spiro atoms. The number of hydrogen-bond acceptors (Lipinski definition) is 2. The van der Waals surface area contributed by atoms with Crippen molar-refractivity contribution < 1.29 is 4.79 Å². The van der Waals surface area contributed by atoms with Gasteiger partial charge in [0, 0.05) is 19.9 Å². The van der Waals surface area contributed by atoms with Crippen LogP contribution in [0.4, 0.5) is 0 Å². The summed E-state index contributed by atoms with van der Waals surface area (Å²) in [6.07, 6.45) is 6.40. The minimum Gasteiger partial charge on any atom is -0.299 e. The number of halogens is 1. The third kappa shape index (κ3) is 4.13. The zero-order chi connectivity index (χ0) is 13.5. The topological polar surface area (TPSA) is 34.9 Å². The van der Waals surface area contributed by atoms with Gasteiger partial charge in [0.1, 0.15) is 5.78 Å². The molecule has 1 aromatic heterocycles. The first-order valence-electron chi connectivity index (χ1n) is 6.82. The number of nitrogens with zero attached hydrogens (tertiary/aromatic N) is 2. The maximum Gasteiger partial charge on any atom is 0.138 e. The molecule has 0 aromatic carbocycles. The summed E-state index contributed by atoms with van der Waals surface area (Å²) in [4.78, 5) is 11.9. The minimum atomic E-state index is 0.263. The second-order valence-corrected chi connectivity index (χ2v) is 5.09. The molecule has 0 atom stereocenters. The van der Waals surface area contributed by atoms with Gasteiger partial charge in [0.15, 0.2) is 0 Å². The number of ketones is 1. The van der Waals surface area contributed by atoms with Crippen LogP contribution in [0.2, 0.25) is 5.02 Å². The van der Waals surface area contributed by atoms with Crippen molar-refractivity contribution in [2.75, 3.05) is 0 Å². The molecule has 102 valence electrons. The summed E-state index contributed by atoms with van der Waals surface area (Å²) >= 11 is 6.22. The highest BCUT2D eigenvalue weighted by Crippen LogP contribution is 2.22. The Balaban J connectivity index is 2.51. The molecular weight excluding hydrogens is 248 g/mol. The van der Waals surface area contributed by atoms with Crippen LogP contribution in [0.25, 0.3) is 0 Å². The molecule has 0 unspecified atom stereocenters. The molecule has 0 aliphatic rings. The van der Waals surface area contributed by atoms with Crippen LogP contribution in [0.3, 0.4) is 0 Å². The Morgan fingerprint density at radius 1 is 1.28 bits per heavy atom. The van der Waals surface area contributed by atoms with Gasteiger partial charge in [-0.3, -0.25) is 9.48 Å². The first-order chi connectivity index (χ1) is 8.60. The number of carbonyl (C=O) groups is 1. The molecule has 3 nitrogen and oxygen atoms in total. The normalized spacial score (nSPS) is 10.9. The highest BCUT2D eigenvalue weighted by Gasteiger charge is 2.15. The Bertz CT molecular complexity index is 399. The molecule has 0 N–H and O–H groups in total. The van der Waals surface area contributed by atoms with E-state index in [2.05, 4.69) is 12.0 Å². The van der Waals surface area contributed by atoms with Crippen molar-refractivity contribution in [2.45, 2.75) is 58.8 Å². The number of hydrogen-bond donors (Lipinski definition) is 0. The maximum absolute atomic E-state index is 11.9. The highest BCUT2D eigenvalue weighted by atomic mass is 35.5. The van der Waals surface area contributed by atoms with Crippen LogP contribution in [0.1, 0.15) is 57.3 Å². The van der Waals surface area contributed by atoms with Crippen molar-refractivity contribution in [3.63, 3.8) is 0 Å². The SMILES string of the molecule is CCCCCCC(=O)Cc1c(Cl)c(CC)nn1C. The van der Waals surface area contributed by atoms with Gasteiger partial charge in [-0.2, -0.15) is 5.10 Å². The van der Waals surface area contributed by atoms with Gasteiger partial charge < -0.3 is 0 Å². The van der Waals surface area contributed by atoms with E-state index < -0.39 is 0 Å². The van der Waals surface area contributed by atoms with Crippen molar-refractivity contribution >= 4 is 17.4 Å². The van der Waals surface area contributed by atoms with E-state index in [4.69, 9.17) is 11.6 Å².